The first-order valence-corrected chi connectivity index (χ1v) is 9.35. The van der Waals surface area contributed by atoms with Gasteiger partial charge in [0.1, 0.15) is 0 Å². The average Bonchev–Trinajstić information content (AvgIpc) is 3.33. The standard InChI is InChI=1S/C20H28N2O.ClH/c23-20(13-15-10-17-8-9-18(11-15)21-17)22-19(16-6-7-16)12-14-4-2-1-3-5-14;/h1-5,15-19,21H,6-13H2,(H,22,23);1H. The predicted molar refractivity (Wildman–Crippen MR) is 99.3 cm³/mol. The summed E-state index contributed by atoms with van der Waals surface area (Å²) in [5.41, 5.74) is 1.34. The van der Waals surface area contributed by atoms with E-state index in [1.54, 1.807) is 0 Å². The highest BCUT2D eigenvalue weighted by Gasteiger charge is 2.36. The second kappa shape index (κ2) is 7.88. The van der Waals surface area contributed by atoms with Crippen molar-refractivity contribution in [2.24, 2.45) is 11.8 Å². The van der Waals surface area contributed by atoms with Crippen LogP contribution in [0.4, 0.5) is 0 Å². The maximum Gasteiger partial charge on any atom is 0.220 e. The molecule has 0 aromatic heterocycles. The third kappa shape index (κ3) is 4.52. The topological polar surface area (TPSA) is 41.1 Å². The Balaban J connectivity index is 0.00000169. The summed E-state index contributed by atoms with van der Waals surface area (Å²) in [5.74, 6) is 1.57. The second-order valence-electron chi connectivity index (χ2n) is 7.88. The van der Waals surface area contributed by atoms with Gasteiger partial charge in [-0.25, -0.2) is 0 Å². The number of hydrogen-bond acceptors (Lipinski definition) is 2. The molecule has 1 aromatic carbocycles. The van der Waals surface area contributed by atoms with Crippen LogP contribution in [0.2, 0.25) is 0 Å². The minimum absolute atomic E-state index is 0. The zero-order chi connectivity index (χ0) is 15.6. The molecule has 0 spiro atoms. The van der Waals surface area contributed by atoms with Crippen LogP contribution in [0.25, 0.3) is 0 Å². The minimum atomic E-state index is 0. The van der Waals surface area contributed by atoms with Gasteiger partial charge in [0.25, 0.3) is 0 Å². The van der Waals surface area contributed by atoms with Gasteiger partial charge in [-0.1, -0.05) is 30.3 Å². The smallest absolute Gasteiger partial charge is 0.220 e. The molecule has 2 bridgehead atoms. The zero-order valence-electron chi connectivity index (χ0n) is 14.2. The Morgan fingerprint density at radius 3 is 2.38 bits per heavy atom. The van der Waals surface area contributed by atoms with Crippen LogP contribution in [0.5, 0.6) is 0 Å². The maximum atomic E-state index is 12.5. The van der Waals surface area contributed by atoms with Crippen LogP contribution in [0.1, 0.15) is 50.5 Å². The number of nitrogens with one attached hydrogen (secondary N) is 2. The Labute approximate surface area is 151 Å². The van der Waals surface area contributed by atoms with Gasteiger partial charge in [0.15, 0.2) is 0 Å². The van der Waals surface area contributed by atoms with Crippen molar-refractivity contribution in [2.75, 3.05) is 0 Å². The zero-order valence-corrected chi connectivity index (χ0v) is 15.1. The summed E-state index contributed by atoms with van der Waals surface area (Å²) in [7, 11) is 0. The van der Waals surface area contributed by atoms with Crippen molar-refractivity contribution in [3.05, 3.63) is 35.9 Å². The van der Waals surface area contributed by atoms with E-state index in [0.29, 0.717) is 30.0 Å². The summed E-state index contributed by atoms with van der Waals surface area (Å²) in [4.78, 5) is 12.5. The Bertz CT molecular complexity index is 534. The molecule has 1 aliphatic carbocycles. The molecule has 3 fully saturated rings. The number of halogens is 1. The molecule has 0 radical (unpaired) electrons. The van der Waals surface area contributed by atoms with Crippen molar-refractivity contribution >= 4 is 18.3 Å². The monoisotopic (exact) mass is 348 g/mol. The molecule has 2 heterocycles. The molecule has 3 unspecified atom stereocenters. The van der Waals surface area contributed by atoms with Gasteiger partial charge in [-0.3, -0.25) is 4.79 Å². The van der Waals surface area contributed by atoms with Gasteiger partial charge in [0.2, 0.25) is 5.91 Å². The number of piperidine rings is 1. The first-order valence-electron chi connectivity index (χ1n) is 9.35. The number of hydrogen-bond donors (Lipinski definition) is 2. The van der Waals surface area contributed by atoms with Gasteiger partial charge in [-0.2, -0.15) is 0 Å². The van der Waals surface area contributed by atoms with Crippen LogP contribution in [0.15, 0.2) is 30.3 Å². The van der Waals surface area contributed by atoms with Crippen molar-refractivity contribution in [1.29, 1.82) is 0 Å². The summed E-state index contributed by atoms with van der Waals surface area (Å²) in [6, 6.07) is 12.3. The van der Waals surface area contributed by atoms with Crippen molar-refractivity contribution in [2.45, 2.75) is 69.5 Å². The van der Waals surface area contributed by atoms with Crippen molar-refractivity contribution < 1.29 is 4.79 Å². The van der Waals surface area contributed by atoms with Gasteiger partial charge in [-0.15, -0.1) is 12.4 Å². The number of fused-ring (bicyclic) bond motifs is 2. The summed E-state index contributed by atoms with van der Waals surface area (Å²) in [6.45, 7) is 0. The summed E-state index contributed by atoms with van der Waals surface area (Å²) < 4.78 is 0. The largest absolute Gasteiger partial charge is 0.353 e. The van der Waals surface area contributed by atoms with Crippen LogP contribution >= 0.6 is 12.4 Å². The van der Waals surface area contributed by atoms with E-state index in [2.05, 4.69) is 41.0 Å². The molecule has 1 saturated carbocycles. The van der Waals surface area contributed by atoms with Crippen LogP contribution in [-0.2, 0) is 11.2 Å². The molecule has 24 heavy (non-hydrogen) atoms. The molecular weight excluding hydrogens is 320 g/mol. The number of amides is 1. The van der Waals surface area contributed by atoms with E-state index in [4.69, 9.17) is 0 Å². The predicted octanol–water partition coefficient (Wildman–Crippen LogP) is 3.47. The van der Waals surface area contributed by atoms with Gasteiger partial charge < -0.3 is 10.6 Å². The summed E-state index contributed by atoms with van der Waals surface area (Å²) >= 11 is 0. The molecule has 132 valence electrons. The second-order valence-corrected chi connectivity index (χ2v) is 7.88. The molecule has 2 N–H and O–H groups in total. The van der Waals surface area contributed by atoms with Crippen molar-refractivity contribution in [3.63, 3.8) is 0 Å². The molecule has 1 aromatic rings. The van der Waals surface area contributed by atoms with Crippen molar-refractivity contribution in [3.8, 4) is 0 Å². The number of rotatable bonds is 6. The Morgan fingerprint density at radius 2 is 1.75 bits per heavy atom. The van der Waals surface area contributed by atoms with E-state index in [9.17, 15) is 4.79 Å². The third-order valence-electron chi connectivity index (χ3n) is 5.88. The number of carbonyl (C=O) groups is 1. The van der Waals surface area contributed by atoms with Crippen LogP contribution in [0, 0.1) is 11.8 Å². The lowest BCUT2D eigenvalue weighted by Gasteiger charge is -2.29. The van der Waals surface area contributed by atoms with Gasteiger partial charge in [-0.05, 0) is 62.3 Å². The van der Waals surface area contributed by atoms with Crippen LogP contribution in [-0.4, -0.2) is 24.0 Å². The fraction of sp³-hybridized carbons (Fsp3) is 0.650. The molecule has 4 heteroatoms. The Kier molecular flexibility index (Phi) is 5.83. The molecule has 2 saturated heterocycles. The number of carbonyl (C=O) groups excluding carboxylic acids is 1. The molecule has 3 nitrogen and oxygen atoms in total. The highest BCUT2D eigenvalue weighted by molar-refractivity contribution is 5.85. The number of benzene rings is 1. The molecule has 1 amide bonds. The highest BCUT2D eigenvalue weighted by atomic mass is 35.5. The summed E-state index contributed by atoms with van der Waals surface area (Å²) in [6.07, 6.45) is 9.25. The fourth-order valence-electron chi connectivity index (χ4n) is 4.57. The lowest BCUT2D eigenvalue weighted by Crippen LogP contribution is -2.42. The molecule has 3 aliphatic rings. The maximum absolute atomic E-state index is 12.5. The van der Waals surface area contributed by atoms with Crippen molar-refractivity contribution in [1.82, 2.24) is 10.6 Å². The Morgan fingerprint density at radius 1 is 1.08 bits per heavy atom. The van der Waals surface area contributed by atoms with Crippen LogP contribution < -0.4 is 10.6 Å². The normalized spacial score (nSPS) is 29.6. The van der Waals surface area contributed by atoms with Gasteiger partial charge >= 0.3 is 0 Å². The van der Waals surface area contributed by atoms with E-state index < -0.39 is 0 Å². The van der Waals surface area contributed by atoms with E-state index in [1.165, 1.54) is 44.1 Å². The minimum Gasteiger partial charge on any atom is -0.353 e. The average molecular weight is 349 g/mol. The first-order chi connectivity index (χ1) is 11.3. The van der Waals surface area contributed by atoms with E-state index in [-0.39, 0.29) is 18.3 Å². The fourth-order valence-corrected chi connectivity index (χ4v) is 4.57. The quantitative estimate of drug-likeness (QED) is 0.826. The lowest BCUT2D eigenvalue weighted by molar-refractivity contribution is -0.123. The van der Waals surface area contributed by atoms with E-state index in [0.717, 1.165) is 12.8 Å². The van der Waals surface area contributed by atoms with Crippen LogP contribution in [0.3, 0.4) is 0 Å². The molecule has 2 aliphatic heterocycles. The molecular formula is C20H29ClN2O. The third-order valence-corrected chi connectivity index (χ3v) is 5.88. The SMILES string of the molecule is Cl.O=C(CC1CC2CCC(C1)N2)NC(Cc1ccccc1)C1CC1. The highest BCUT2D eigenvalue weighted by Crippen LogP contribution is 2.35. The molecule has 4 rings (SSSR count). The van der Waals surface area contributed by atoms with Gasteiger partial charge in [0, 0.05) is 24.5 Å². The Hall–Kier alpha value is -1.06. The summed E-state index contributed by atoms with van der Waals surface area (Å²) in [5, 5.41) is 7.03. The van der Waals surface area contributed by atoms with Gasteiger partial charge in [0.05, 0.1) is 0 Å². The first kappa shape index (κ1) is 17.8. The van der Waals surface area contributed by atoms with E-state index >= 15 is 0 Å². The molecule has 3 atom stereocenters. The van der Waals surface area contributed by atoms with E-state index in [1.807, 2.05) is 0 Å². The lowest BCUT2D eigenvalue weighted by atomic mass is 9.89.